The number of hydrogen-bond acceptors (Lipinski definition) is 10. The van der Waals surface area contributed by atoms with Gasteiger partial charge in [-0.25, -0.2) is 18.4 Å². The van der Waals surface area contributed by atoms with Crippen LogP contribution >= 0.6 is 0 Å². The van der Waals surface area contributed by atoms with Crippen molar-refractivity contribution in [1.29, 1.82) is 0 Å². The molecule has 5 rings (SSSR count). The Bertz CT molecular complexity index is 1500. The summed E-state index contributed by atoms with van der Waals surface area (Å²) >= 11 is 0. The Hall–Kier alpha value is -3.67. The Balaban J connectivity index is 1.33. The van der Waals surface area contributed by atoms with Gasteiger partial charge in [-0.05, 0) is 49.6 Å². The first-order chi connectivity index (χ1) is 18.3. The van der Waals surface area contributed by atoms with Crippen LogP contribution in [0.25, 0.3) is 34.3 Å². The highest BCUT2D eigenvalue weighted by Gasteiger charge is 2.22. The number of nitrogens with one attached hydrogen (secondary N) is 1. The van der Waals surface area contributed by atoms with Crippen LogP contribution in [0.15, 0.2) is 64.0 Å². The fourth-order valence-corrected chi connectivity index (χ4v) is 5.54. The molecule has 2 aromatic heterocycles. The van der Waals surface area contributed by atoms with Crippen LogP contribution in [0.3, 0.4) is 0 Å². The molecule has 0 amide bonds. The highest BCUT2D eigenvalue weighted by molar-refractivity contribution is 7.92. The van der Waals surface area contributed by atoms with Gasteiger partial charge in [-0.3, -0.25) is 0 Å². The number of nitrogen functional groups attached to an aromatic ring is 1. The van der Waals surface area contributed by atoms with Crippen LogP contribution in [-0.4, -0.2) is 53.1 Å². The molecule has 2 aromatic carbocycles. The third-order valence-corrected chi connectivity index (χ3v) is 9.06. The number of hydrogen-bond donors (Lipinski definition) is 2. The molecule has 0 bridgehead atoms. The maximum Gasteiger partial charge on any atom is 0.270 e. The number of anilines is 1. The van der Waals surface area contributed by atoms with Crippen molar-refractivity contribution in [1.82, 2.24) is 25.5 Å². The third-order valence-electron chi connectivity index (χ3n) is 6.74. The first-order valence-corrected chi connectivity index (χ1v) is 14.1. The molecule has 3 heterocycles. The summed E-state index contributed by atoms with van der Waals surface area (Å²) in [6, 6.07) is 14.9. The van der Waals surface area contributed by atoms with Crippen LogP contribution in [0.4, 0.5) is 5.82 Å². The van der Waals surface area contributed by atoms with E-state index < -0.39 is 15.1 Å². The van der Waals surface area contributed by atoms with Gasteiger partial charge in [0.2, 0.25) is 5.89 Å². The third kappa shape index (κ3) is 5.45. The molecule has 1 aliphatic rings. The minimum absolute atomic E-state index is 0.148. The molecule has 2 atom stereocenters. The molecule has 3 N–H and O–H groups in total. The Kier molecular flexibility index (Phi) is 7.50. The summed E-state index contributed by atoms with van der Waals surface area (Å²) in [7, 11) is -3.38. The first kappa shape index (κ1) is 26.0. The Labute approximate surface area is 221 Å². The van der Waals surface area contributed by atoms with Crippen molar-refractivity contribution >= 4 is 15.7 Å². The summed E-state index contributed by atoms with van der Waals surface area (Å²) < 4.78 is 36.6. The summed E-state index contributed by atoms with van der Waals surface area (Å²) in [5, 5.41) is 11.3. The zero-order valence-electron chi connectivity index (χ0n) is 21.3. The highest BCUT2D eigenvalue weighted by Crippen LogP contribution is 2.29. The summed E-state index contributed by atoms with van der Waals surface area (Å²) in [6.07, 6.45) is 3.10. The van der Waals surface area contributed by atoms with Gasteiger partial charge in [0, 0.05) is 30.3 Å². The van der Waals surface area contributed by atoms with Crippen LogP contribution in [0.5, 0.6) is 0 Å². The topological polar surface area (TPSA) is 146 Å². The van der Waals surface area contributed by atoms with E-state index in [1.165, 1.54) is 6.20 Å². The molecule has 0 spiro atoms. The summed E-state index contributed by atoms with van der Waals surface area (Å²) in [6.45, 7) is 5.88. The summed E-state index contributed by atoms with van der Waals surface area (Å²) in [5.74, 6) is 0.641. The largest absolute Gasteiger partial charge is 0.414 e. The lowest BCUT2D eigenvalue weighted by Gasteiger charge is -2.11. The van der Waals surface area contributed by atoms with Gasteiger partial charge < -0.3 is 20.2 Å². The van der Waals surface area contributed by atoms with Gasteiger partial charge >= 0.3 is 0 Å². The molecule has 10 nitrogen and oxygen atoms in total. The molecule has 0 saturated carbocycles. The van der Waals surface area contributed by atoms with Gasteiger partial charge in [-0.1, -0.05) is 31.2 Å². The van der Waals surface area contributed by atoms with Crippen molar-refractivity contribution in [2.75, 3.05) is 18.9 Å². The predicted octanol–water partition coefficient (Wildman–Crippen LogP) is 3.89. The number of rotatable bonds is 9. The van der Waals surface area contributed by atoms with E-state index in [0.717, 1.165) is 37.3 Å². The maximum absolute atomic E-state index is 12.6. The predicted molar refractivity (Wildman–Crippen MR) is 144 cm³/mol. The minimum Gasteiger partial charge on any atom is -0.414 e. The maximum atomic E-state index is 12.6. The van der Waals surface area contributed by atoms with E-state index in [1.807, 2.05) is 31.2 Å². The van der Waals surface area contributed by atoms with Gasteiger partial charge in [-0.15, -0.1) is 10.2 Å². The second kappa shape index (κ2) is 11.0. The highest BCUT2D eigenvalue weighted by atomic mass is 32.2. The molecule has 11 heteroatoms. The molecule has 1 saturated heterocycles. The molecule has 1 fully saturated rings. The second-order valence-electron chi connectivity index (χ2n) is 9.33. The standard InChI is InChI=1S/C27H30N6O4S/c1-3-17(2)38(34,35)22-10-8-19(9-11-22)23-15-30-25(28)24(31-23)27-33-32-26(37-27)20-6-4-18(5-7-20)14-29-21-12-13-36-16-21/h4-11,15,17,21,29H,3,12-14,16H2,1-2H3,(H2,28,30)/t17?,21-/m0/s1. The molecule has 1 aliphatic heterocycles. The lowest BCUT2D eigenvalue weighted by atomic mass is 10.1. The van der Waals surface area contributed by atoms with E-state index in [-0.39, 0.29) is 22.3 Å². The first-order valence-electron chi connectivity index (χ1n) is 12.6. The van der Waals surface area contributed by atoms with Crippen LogP contribution in [0.1, 0.15) is 32.3 Å². The van der Waals surface area contributed by atoms with E-state index in [0.29, 0.717) is 29.6 Å². The fraction of sp³-hybridized carbons (Fsp3) is 0.333. The van der Waals surface area contributed by atoms with Crippen molar-refractivity contribution < 1.29 is 17.6 Å². The molecular weight excluding hydrogens is 504 g/mol. The van der Waals surface area contributed by atoms with Gasteiger partial charge in [-0.2, -0.15) is 0 Å². The zero-order chi connectivity index (χ0) is 26.7. The SMILES string of the molecule is CCC(C)S(=O)(=O)c1ccc(-c2cnc(N)c(-c3nnc(-c4ccc(CN[C@H]5CCOC5)cc4)o3)n2)cc1. The van der Waals surface area contributed by atoms with Crippen LogP contribution < -0.4 is 11.1 Å². The zero-order valence-corrected chi connectivity index (χ0v) is 22.1. The van der Waals surface area contributed by atoms with Gasteiger partial charge in [0.05, 0.1) is 28.6 Å². The monoisotopic (exact) mass is 534 g/mol. The van der Waals surface area contributed by atoms with Crippen molar-refractivity contribution in [2.45, 2.75) is 49.4 Å². The van der Waals surface area contributed by atoms with Crippen molar-refractivity contribution in [2.24, 2.45) is 0 Å². The number of nitrogens with two attached hydrogens (primary N) is 1. The van der Waals surface area contributed by atoms with Crippen LogP contribution in [-0.2, 0) is 21.1 Å². The average Bonchev–Trinajstić information content (AvgIpc) is 3.65. The Morgan fingerprint density at radius 1 is 1.05 bits per heavy atom. The van der Waals surface area contributed by atoms with Gasteiger partial charge in [0.15, 0.2) is 21.3 Å². The average molecular weight is 535 g/mol. The van der Waals surface area contributed by atoms with Crippen LogP contribution in [0, 0.1) is 0 Å². The smallest absolute Gasteiger partial charge is 0.270 e. The molecular formula is C27H30N6O4S. The van der Waals surface area contributed by atoms with E-state index in [1.54, 1.807) is 31.2 Å². The fourth-order valence-electron chi connectivity index (χ4n) is 4.12. The molecule has 0 radical (unpaired) electrons. The second-order valence-corrected chi connectivity index (χ2v) is 11.7. The van der Waals surface area contributed by atoms with Gasteiger partial charge in [0.25, 0.3) is 5.89 Å². The molecule has 1 unspecified atom stereocenters. The van der Waals surface area contributed by atoms with Crippen molar-refractivity contribution in [3.8, 4) is 34.3 Å². The van der Waals surface area contributed by atoms with E-state index in [4.69, 9.17) is 14.9 Å². The van der Waals surface area contributed by atoms with E-state index >= 15 is 0 Å². The number of benzene rings is 2. The summed E-state index contributed by atoms with van der Waals surface area (Å²) in [5.41, 5.74) is 9.46. The lowest BCUT2D eigenvalue weighted by molar-refractivity contribution is 0.190. The number of aromatic nitrogens is 4. The van der Waals surface area contributed by atoms with Crippen LogP contribution in [0.2, 0.25) is 0 Å². The van der Waals surface area contributed by atoms with E-state index in [9.17, 15) is 8.42 Å². The molecule has 38 heavy (non-hydrogen) atoms. The summed E-state index contributed by atoms with van der Waals surface area (Å²) in [4.78, 5) is 9.11. The van der Waals surface area contributed by atoms with Crippen molar-refractivity contribution in [3.05, 3.63) is 60.3 Å². The molecule has 0 aliphatic carbocycles. The number of ether oxygens (including phenoxy) is 1. The Morgan fingerprint density at radius 2 is 1.76 bits per heavy atom. The number of nitrogens with zero attached hydrogens (tertiary/aromatic N) is 4. The minimum atomic E-state index is -3.38. The van der Waals surface area contributed by atoms with E-state index in [2.05, 4.69) is 25.5 Å². The quantitative estimate of drug-likeness (QED) is 0.324. The normalized spacial score (nSPS) is 16.5. The van der Waals surface area contributed by atoms with Crippen molar-refractivity contribution in [3.63, 3.8) is 0 Å². The Morgan fingerprint density at radius 3 is 2.45 bits per heavy atom. The molecule has 4 aromatic rings. The van der Waals surface area contributed by atoms with Gasteiger partial charge in [0.1, 0.15) is 0 Å². The number of sulfone groups is 1. The lowest BCUT2D eigenvalue weighted by Crippen LogP contribution is -2.28. The molecule has 198 valence electrons.